The average Bonchev–Trinajstić information content (AvgIpc) is 2.83. The zero-order valence-corrected chi connectivity index (χ0v) is 15.5. The number of carbonyl (C=O) groups excluding carboxylic acids is 2. The first kappa shape index (κ1) is 18.3. The van der Waals surface area contributed by atoms with Gasteiger partial charge in [0.25, 0.3) is 5.91 Å². The largest absolute Gasteiger partial charge is 0.444 e. The summed E-state index contributed by atoms with van der Waals surface area (Å²) in [5.41, 5.74) is 1.77. The number of amides is 2. The van der Waals surface area contributed by atoms with Crippen LogP contribution in [0.3, 0.4) is 0 Å². The predicted octanol–water partition coefficient (Wildman–Crippen LogP) is 2.20. The summed E-state index contributed by atoms with van der Waals surface area (Å²) < 4.78 is 7.22. The molecule has 0 aliphatic carbocycles. The minimum Gasteiger partial charge on any atom is -0.444 e. The van der Waals surface area contributed by atoms with Gasteiger partial charge >= 0.3 is 6.09 Å². The second-order valence-corrected chi connectivity index (χ2v) is 7.03. The molecule has 7 heteroatoms. The van der Waals surface area contributed by atoms with Crippen LogP contribution < -0.4 is 0 Å². The van der Waals surface area contributed by atoms with Crippen LogP contribution in [0.1, 0.15) is 56.4 Å². The number of ether oxygens (including phenoxy) is 1. The monoisotopic (exact) mass is 336 g/mol. The molecule has 0 saturated heterocycles. The Bertz CT molecular complexity index is 627. The first-order chi connectivity index (χ1) is 11.2. The minimum absolute atomic E-state index is 0.0807. The summed E-state index contributed by atoms with van der Waals surface area (Å²) in [4.78, 5) is 28.4. The molecule has 0 atom stereocenters. The first-order valence-corrected chi connectivity index (χ1v) is 8.49. The Morgan fingerprint density at radius 2 is 1.88 bits per heavy atom. The second kappa shape index (κ2) is 6.83. The molecular formula is C17H28N4O3. The highest BCUT2D eigenvalue weighted by atomic mass is 16.6. The minimum atomic E-state index is -0.536. The quantitative estimate of drug-likeness (QED) is 0.848. The first-order valence-electron chi connectivity index (χ1n) is 8.49. The fourth-order valence-electron chi connectivity index (χ4n) is 2.91. The zero-order chi connectivity index (χ0) is 18.1. The van der Waals surface area contributed by atoms with Crippen molar-refractivity contribution in [2.75, 3.05) is 19.6 Å². The van der Waals surface area contributed by atoms with E-state index >= 15 is 0 Å². The van der Waals surface area contributed by atoms with Gasteiger partial charge in [-0.15, -0.1) is 0 Å². The number of hydrogen-bond donors (Lipinski definition) is 0. The molecule has 0 saturated carbocycles. The van der Waals surface area contributed by atoms with Crippen LogP contribution in [0.4, 0.5) is 4.79 Å². The molecule has 0 fully saturated rings. The van der Waals surface area contributed by atoms with Crippen LogP contribution in [0.25, 0.3) is 0 Å². The number of nitrogens with zero attached hydrogens (tertiary/aromatic N) is 4. The predicted molar refractivity (Wildman–Crippen MR) is 90.8 cm³/mol. The number of hydrogen-bond acceptors (Lipinski definition) is 4. The normalized spacial score (nSPS) is 14.3. The highest BCUT2D eigenvalue weighted by Crippen LogP contribution is 2.24. The Kier molecular flexibility index (Phi) is 5.20. The summed E-state index contributed by atoms with van der Waals surface area (Å²) in [6.45, 7) is 11.6. The molecule has 1 aliphatic heterocycles. The number of rotatable bonds is 3. The maximum Gasteiger partial charge on any atom is 0.410 e. The van der Waals surface area contributed by atoms with Crippen molar-refractivity contribution >= 4 is 12.0 Å². The van der Waals surface area contributed by atoms with Gasteiger partial charge in [0.2, 0.25) is 0 Å². The Morgan fingerprint density at radius 3 is 2.42 bits per heavy atom. The van der Waals surface area contributed by atoms with E-state index in [2.05, 4.69) is 5.10 Å². The standard InChI is InChI=1S/C17H28N4O3/c1-7-20(8-2)15(22)14-12-11-21(16(23)24-17(3,4)5)10-9-13(12)19(6)18-14/h7-11H2,1-6H3. The topological polar surface area (TPSA) is 67.7 Å². The molecule has 7 nitrogen and oxygen atoms in total. The highest BCUT2D eigenvalue weighted by molar-refractivity contribution is 5.94. The van der Waals surface area contributed by atoms with Crippen LogP contribution >= 0.6 is 0 Å². The van der Waals surface area contributed by atoms with Crippen LogP contribution in [-0.2, 0) is 24.8 Å². The molecular weight excluding hydrogens is 308 g/mol. The molecule has 1 aliphatic rings. The molecule has 0 bridgehead atoms. The van der Waals surface area contributed by atoms with Crippen molar-refractivity contribution in [3.8, 4) is 0 Å². The summed E-state index contributed by atoms with van der Waals surface area (Å²) >= 11 is 0. The van der Waals surface area contributed by atoms with E-state index in [4.69, 9.17) is 4.74 Å². The Balaban J connectivity index is 2.27. The van der Waals surface area contributed by atoms with Crippen LogP contribution in [0, 0.1) is 0 Å². The highest BCUT2D eigenvalue weighted by Gasteiger charge is 2.32. The molecule has 24 heavy (non-hydrogen) atoms. The van der Waals surface area contributed by atoms with E-state index in [0.717, 1.165) is 11.3 Å². The molecule has 1 aromatic rings. The van der Waals surface area contributed by atoms with E-state index in [9.17, 15) is 9.59 Å². The van der Waals surface area contributed by atoms with Crippen LogP contribution in [0.15, 0.2) is 0 Å². The Hall–Kier alpha value is -2.05. The average molecular weight is 336 g/mol. The van der Waals surface area contributed by atoms with Gasteiger partial charge in [0.05, 0.1) is 6.54 Å². The summed E-state index contributed by atoms with van der Waals surface area (Å²) in [5.74, 6) is -0.0807. The van der Waals surface area contributed by atoms with Crippen molar-refractivity contribution in [1.29, 1.82) is 0 Å². The van der Waals surface area contributed by atoms with E-state index in [-0.39, 0.29) is 12.0 Å². The van der Waals surface area contributed by atoms with Gasteiger partial charge in [-0.3, -0.25) is 9.48 Å². The number of aryl methyl sites for hydroxylation is 1. The van der Waals surface area contributed by atoms with E-state index in [1.54, 1.807) is 14.5 Å². The fraction of sp³-hybridized carbons (Fsp3) is 0.706. The smallest absolute Gasteiger partial charge is 0.410 e. The van der Waals surface area contributed by atoms with E-state index in [1.807, 2.05) is 41.7 Å². The number of aromatic nitrogens is 2. The van der Waals surface area contributed by atoms with Gasteiger partial charge in [-0.25, -0.2) is 4.79 Å². The molecule has 0 unspecified atom stereocenters. The molecule has 0 radical (unpaired) electrons. The molecule has 0 spiro atoms. The van der Waals surface area contributed by atoms with Gasteiger partial charge < -0.3 is 14.5 Å². The molecule has 2 rings (SSSR count). The third kappa shape index (κ3) is 3.71. The molecule has 2 heterocycles. The van der Waals surface area contributed by atoms with Gasteiger partial charge in [0, 0.05) is 44.4 Å². The van der Waals surface area contributed by atoms with Gasteiger partial charge in [-0.1, -0.05) is 0 Å². The van der Waals surface area contributed by atoms with E-state index < -0.39 is 5.60 Å². The third-order valence-corrected chi connectivity index (χ3v) is 4.15. The zero-order valence-electron chi connectivity index (χ0n) is 15.5. The van der Waals surface area contributed by atoms with Gasteiger partial charge in [-0.05, 0) is 34.6 Å². The molecule has 0 aromatic carbocycles. The number of carbonyl (C=O) groups is 2. The van der Waals surface area contributed by atoms with Crippen LogP contribution in [-0.4, -0.2) is 56.8 Å². The Labute approximate surface area is 143 Å². The van der Waals surface area contributed by atoms with Crippen molar-refractivity contribution in [2.45, 2.75) is 53.2 Å². The lowest BCUT2D eigenvalue weighted by Gasteiger charge is -2.30. The Morgan fingerprint density at radius 1 is 1.25 bits per heavy atom. The molecule has 134 valence electrons. The number of fused-ring (bicyclic) bond motifs is 1. The lowest BCUT2D eigenvalue weighted by molar-refractivity contribution is 0.0221. The maximum absolute atomic E-state index is 12.7. The van der Waals surface area contributed by atoms with E-state index in [0.29, 0.717) is 38.3 Å². The van der Waals surface area contributed by atoms with Gasteiger partial charge in [0.1, 0.15) is 5.60 Å². The maximum atomic E-state index is 12.7. The van der Waals surface area contributed by atoms with Crippen molar-refractivity contribution in [3.05, 3.63) is 17.0 Å². The van der Waals surface area contributed by atoms with Crippen LogP contribution in [0.2, 0.25) is 0 Å². The molecule has 0 N–H and O–H groups in total. The van der Waals surface area contributed by atoms with Crippen LogP contribution in [0.5, 0.6) is 0 Å². The summed E-state index contributed by atoms with van der Waals surface area (Å²) in [7, 11) is 1.85. The fourth-order valence-corrected chi connectivity index (χ4v) is 2.91. The summed E-state index contributed by atoms with van der Waals surface area (Å²) in [5, 5.41) is 4.42. The summed E-state index contributed by atoms with van der Waals surface area (Å²) in [6.07, 6.45) is 0.321. The van der Waals surface area contributed by atoms with Gasteiger partial charge in [-0.2, -0.15) is 5.10 Å². The van der Waals surface area contributed by atoms with Gasteiger partial charge in [0.15, 0.2) is 5.69 Å². The van der Waals surface area contributed by atoms with Crippen molar-refractivity contribution in [2.24, 2.45) is 7.05 Å². The lowest BCUT2D eigenvalue weighted by Crippen LogP contribution is -2.40. The lowest BCUT2D eigenvalue weighted by atomic mass is 10.0. The molecule has 1 aromatic heterocycles. The third-order valence-electron chi connectivity index (χ3n) is 4.15. The van der Waals surface area contributed by atoms with Crippen molar-refractivity contribution in [3.63, 3.8) is 0 Å². The summed E-state index contributed by atoms with van der Waals surface area (Å²) in [6, 6.07) is 0. The molecule has 2 amide bonds. The van der Waals surface area contributed by atoms with E-state index in [1.165, 1.54) is 0 Å². The SMILES string of the molecule is CCN(CC)C(=O)c1nn(C)c2c1CN(C(=O)OC(C)(C)C)CC2. The van der Waals surface area contributed by atoms with Crippen molar-refractivity contribution < 1.29 is 14.3 Å². The second-order valence-electron chi connectivity index (χ2n) is 7.03. The van der Waals surface area contributed by atoms with Crippen molar-refractivity contribution in [1.82, 2.24) is 19.6 Å².